The summed E-state index contributed by atoms with van der Waals surface area (Å²) in [6, 6.07) is 5.87. The Labute approximate surface area is 174 Å². The van der Waals surface area contributed by atoms with Gasteiger partial charge in [0.15, 0.2) is 0 Å². The molecule has 0 amide bonds. The Kier molecular flexibility index (Phi) is 5.73. The van der Waals surface area contributed by atoms with E-state index in [1.165, 1.54) is 11.1 Å². The van der Waals surface area contributed by atoms with Crippen LogP contribution in [0.2, 0.25) is 0 Å². The molecule has 0 heterocycles. The number of hydrogen-bond donors (Lipinski definition) is 2. The average Bonchev–Trinajstić information content (AvgIpc) is 2.94. The molecule has 0 bridgehead atoms. The van der Waals surface area contributed by atoms with Gasteiger partial charge in [-0.25, -0.2) is 0 Å². The second-order valence-corrected chi connectivity index (χ2v) is 11.4. The molecule has 0 aromatic heterocycles. The Morgan fingerprint density at radius 2 is 2.00 bits per heavy atom. The van der Waals surface area contributed by atoms with Crippen LogP contribution in [0, 0.1) is 23.2 Å². The highest BCUT2D eigenvalue weighted by molar-refractivity contribution is 7.85. The molecule has 2 saturated carbocycles. The summed E-state index contributed by atoms with van der Waals surface area (Å²) >= 11 is 0. The van der Waals surface area contributed by atoms with Crippen molar-refractivity contribution >= 4 is 10.1 Å². The molecule has 6 heteroatoms. The van der Waals surface area contributed by atoms with Gasteiger partial charge in [0, 0.05) is 0 Å². The van der Waals surface area contributed by atoms with Gasteiger partial charge in [-0.15, -0.1) is 0 Å². The Morgan fingerprint density at radius 3 is 2.76 bits per heavy atom. The van der Waals surface area contributed by atoms with E-state index in [9.17, 15) is 18.6 Å². The fraction of sp³-hybridized carbons (Fsp3) is 0.739. The molecule has 5 nitrogen and oxygen atoms in total. The Hall–Kier alpha value is -1.11. The first-order valence-corrected chi connectivity index (χ1v) is 12.8. The van der Waals surface area contributed by atoms with Gasteiger partial charge in [0.1, 0.15) is 5.75 Å². The molecule has 6 atom stereocenters. The average molecular weight is 423 g/mol. The molecule has 29 heavy (non-hydrogen) atoms. The first kappa shape index (κ1) is 21.1. The van der Waals surface area contributed by atoms with Crippen molar-refractivity contribution in [1.82, 2.24) is 0 Å². The molecule has 1 aromatic rings. The Morgan fingerprint density at radius 1 is 1.21 bits per heavy atom. The normalized spacial score (nSPS) is 36.3. The molecule has 3 aliphatic rings. The monoisotopic (exact) mass is 422 g/mol. The van der Waals surface area contributed by atoms with E-state index in [1.807, 2.05) is 12.1 Å². The lowest BCUT2D eigenvalue weighted by Crippen LogP contribution is -2.47. The van der Waals surface area contributed by atoms with E-state index in [4.69, 9.17) is 4.18 Å². The summed E-state index contributed by atoms with van der Waals surface area (Å²) in [4.78, 5) is 0. The molecule has 162 valence electrons. The van der Waals surface area contributed by atoms with Crippen molar-refractivity contribution in [1.29, 1.82) is 0 Å². The number of aromatic hydroxyl groups is 1. The summed E-state index contributed by atoms with van der Waals surface area (Å²) < 4.78 is 27.3. The van der Waals surface area contributed by atoms with Gasteiger partial charge in [-0.1, -0.05) is 19.4 Å². The van der Waals surface area contributed by atoms with Gasteiger partial charge >= 0.3 is 0 Å². The zero-order valence-electron chi connectivity index (χ0n) is 17.5. The van der Waals surface area contributed by atoms with Gasteiger partial charge < -0.3 is 10.2 Å². The minimum Gasteiger partial charge on any atom is -0.508 e. The summed E-state index contributed by atoms with van der Waals surface area (Å²) in [7, 11) is -3.38. The van der Waals surface area contributed by atoms with E-state index in [0.29, 0.717) is 29.4 Å². The Balaban J connectivity index is 1.55. The van der Waals surface area contributed by atoms with E-state index in [-0.39, 0.29) is 18.1 Å². The third kappa shape index (κ3) is 4.08. The largest absolute Gasteiger partial charge is 0.508 e. The number of phenols is 1. The van der Waals surface area contributed by atoms with Gasteiger partial charge in [0.2, 0.25) is 0 Å². The number of aliphatic hydroxyl groups is 1. The molecule has 0 spiro atoms. The summed E-state index contributed by atoms with van der Waals surface area (Å²) in [5.74, 6) is 2.43. The van der Waals surface area contributed by atoms with Crippen molar-refractivity contribution in [3.63, 3.8) is 0 Å². The highest BCUT2D eigenvalue weighted by Crippen LogP contribution is 2.63. The molecule has 0 aliphatic heterocycles. The molecule has 2 N–H and O–H groups in total. The first-order valence-electron chi connectivity index (χ1n) is 11.0. The van der Waals surface area contributed by atoms with Crippen molar-refractivity contribution in [2.75, 3.05) is 12.9 Å². The predicted molar refractivity (Wildman–Crippen MR) is 112 cm³/mol. The lowest BCUT2D eigenvalue weighted by Gasteiger charge is -2.54. The van der Waals surface area contributed by atoms with Gasteiger partial charge in [-0.3, -0.25) is 4.18 Å². The van der Waals surface area contributed by atoms with E-state index < -0.39 is 10.1 Å². The van der Waals surface area contributed by atoms with Crippen LogP contribution < -0.4 is 0 Å². The lowest BCUT2D eigenvalue weighted by molar-refractivity contribution is -0.0502. The predicted octanol–water partition coefficient (Wildman–Crippen LogP) is 3.98. The number of hydrogen-bond acceptors (Lipinski definition) is 5. The molecule has 0 saturated heterocycles. The van der Waals surface area contributed by atoms with Gasteiger partial charge in [0.05, 0.1) is 19.0 Å². The second-order valence-electron chi connectivity index (χ2n) is 9.80. The highest BCUT2D eigenvalue weighted by Gasteiger charge is 2.57. The topological polar surface area (TPSA) is 83.8 Å². The summed E-state index contributed by atoms with van der Waals surface area (Å²) in [5.41, 5.74) is 2.66. The molecular formula is C23H34O5S. The van der Waals surface area contributed by atoms with Gasteiger partial charge in [-0.05, 0) is 97.3 Å². The third-order valence-corrected chi connectivity index (χ3v) is 8.64. The fourth-order valence-electron chi connectivity index (χ4n) is 6.85. The van der Waals surface area contributed by atoms with E-state index >= 15 is 0 Å². The number of rotatable bonds is 6. The number of benzene rings is 1. The maximum absolute atomic E-state index is 11.2. The van der Waals surface area contributed by atoms with Crippen LogP contribution in [0.25, 0.3) is 0 Å². The van der Waals surface area contributed by atoms with Crippen LogP contribution in [0.15, 0.2) is 18.2 Å². The first-order chi connectivity index (χ1) is 13.7. The van der Waals surface area contributed by atoms with Crippen molar-refractivity contribution in [2.45, 2.75) is 70.3 Å². The summed E-state index contributed by atoms with van der Waals surface area (Å²) in [6.45, 7) is 2.53. The molecule has 4 rings (SSSR count). The number of phenolic OH excluding ortho intramolecular Hbond substituents is 1. The molecule has 0 radical (unpaired) electrons. The van der Waals surface area contributed by atoms with Crippen LogP contribution in [-0.2, 0) is 20.7 Å². The summed E-state index contributed by atoms with van der Waals surface area (Å²) in [5, 5.41) is 20.7. The van der Waals surface area contributed by atoms with Crippen molar-refractivity contribution in [3.8, 4) is 5.75 Å². The minimum absolute atomic E-state index is 0.0104. The van der Waals surface area contributed by atoms with Crippen LogP contribution in [-0.4, -0.2) is 37.6 Å². The molecule has 3 aliphatic carbocycles. The zero-order valence-corrected chi connectivity index (χ0v) is 18.3. The summed E-state index contributed by atoms with van der Waals surface area (Å²) in [6.07, 6.45) is 8.71. The molecule has 3 unspecified atom stereocenters. The van der Waals surface area contributed by atoms with Gasteiger partial charge in [0.25, 0.3) is 10.1 Å². The number of aryl methyl sites for hydroxylation is 1. The fourth-order valence-corrected chi connectivity index (χ4v) is 7.27. The number of unbranched alkanes of at least 4 members (excludes halogenated alkanes) is 1. The van der Waals surface area contributed by atoms with E-state index in [0.717, 1.165) is 57.6 Å². The van der Waals surface area contributed by atoms with Crippen LogP contribution in [0.3, 0.4) is 0 Å². The van der Waals surface area contributed by atoms with E-state index in [2.05, 4.69) is 13.0 Å². The minimum atomic E-state index is -3.38. The molecular weight excluding hydrogens is 388 g/mol. The smallest absolute Gasteiger partial charge is 0.264 e. The maximum atomic E-state index is 11.2. The molecule has 2 fully saturated rings. The van der Waals surface area contributed by atoms with Crippen molar-refractivity contribution < 1.29 is 22.8 Å². The van der Waals surface area contributed by atoms with Crippen LogP contribution in [0.4, 0.5) is 0 Å². The highest BCUT2D eigenvalue weighted by atomic mass is 32.2. The molecule has 1 aromatic carbocycles. The van der Waals surface area contributed by atoms with Crippen LogP contribution in [0.1, 0.15) is 68.9 Å². The second kappa shape index (κ2) is 7.86. The van der Waals surface area contributed by atoms with E-state index in [1.54, 1.807) is 0 Å². The van der Waals surface area contributed by atoms with Gasteiger partial charge in [-0.2, -0.15) is 8.42 Å². The third-order valence-electron chi connectivity index (χ3n) is 8.05. The van der Waals surface area contributed by atoms with Crippen molar-refractivity contribution in [3.05, 3.63) is 29.3 Å². The maximum Gasteiger partial charge on any atom is 0.264 e. The van der Waals surface area contributed by atoms with Crippen LogP contribution in [0.5, 0.6) is 5.75 Å². The Bertz CT molecular complexity index is 851. The quantitative estimate of drug-likeness (QED) is 0.535. The number of aliphatic hydroxyl groups excluding tert-OH is 1. The lowest BCUT2D eigenvalue weighted by atomic mass is 9.51. The SMILES string of the molecule is C[C@]12C[C@H](CCCCOS(C)(=O)=O)C3c4ccc(O)cc4CCC3C1CC[C@@H]2O. The van der Waals surface area contributed by atoms with Crippen LogP contribution >= 0.6 is 0 Å². The number of fused-ring (bicyclic) bond motifs is 5. The van der Waals surface area contributed by atoms with Crippen molar-refractivity contribution in [2.24, 2.45) is 23.2 Å². The standard InChI is InChI=1S/C23H34O5S/c1-23-14-16(5-3-4-12-28-29(2,26)27)22-18-9-7-17(24)13-15(18)6-8-19(22)20(23)10-11-21(23)25/h7,9,13,16,19-22,24-25H,3-6,8,10-12,14H2,1-2H3/t16-,19?,20?,21-,22?,23-/m0/s1. The zero-order chi connectivity index (χ0) is 20.8.